The van der Waals surface area contributed by atoms with Crippen molar-refractivity contribution in [2.24, 2.45) is 0 Å². The molecule has 0 radical (unpaired) electrons. The SMILES string of the molecule is CC(C)(C)c1ccn(-c2ccnc(N)c2)n1. The number of nitrogens with two attached hydrogens (primary N) is 1. The molecular weight excluding hydrogens is 200 g/mol. The van der Waals surface area contributed by atoms with Gasteiger partial charge in [0.15, 0.2) is 0 Å². The van der Waals surface area contributed by atoms with Crippen LogP contribution in [-0.2, 0) is 5.41 Å². The zero-order valence-electron chi connectivity index (χ0n) is 9.81. The van der Waals surface area contributed by atoms with Gasteiger partial charge in [-0.2, -0.15) is 5.10 Å². The molecule has 0 saturated carbocycles. The minimum Gasteiger partial charge on any atom is -0.384 e. The first-order valence-electron chi connectivity index (χ1n) is 5.25. The molecule has 0 saturated heterocycles. The van der Waals surface area contributed by atoms with E-state index in [2.05, 4.69) is 30.9 Å². The molecule has 0 spiro atoms. The second kappa shape index (κ2) is 3.63. The van der Waals surface area contributed by atoms with Crippen LogP contribution in [0.1, 0.15) is 26.5 Å². The van der Waals surface area contributed by atoms with Gasteiger partial charge < -0.3 is 5.73 Å². The maximum absolute atomic E-state index is 5.64. The number of hydrogen-bond acceptors (Lipinski definition) is 3. The van der Waals surface area contributed by atoms with E-state index in [9.17, 15) is 0 Å². The topological polar surface area (TPSA) is 56.7 Å². The zero-order valence-corrected chi connectivity index (χ0v) is 9.81. The Kier molecular flexibility index (Phi) is 2.42. The molecule has 0 unspecified atom stereocenters. The Morgan fingerprint density at radius 1 is 1.25 bits per heavy atom. The Balaban J connectivity index is 2.39. The summed E-state index contributed by atoms with van der Waals surface area (Å²) in [6.07, 6.45) is 3.62. The predicted octanol–water partition coefficient (Wildman–Crippen LogP) is 2.15. The first-order valence-corrected chi connectivity index (χ1v) is 5.25. The predicted molar refractivity (Wildman–Crippen MR) is 64.5 cm³/mol. The van der Waals surface area contributed by atoms with Crippen LogP contribution in [0.25, 0.3) is 5.69 Å². The summed E-state index contributed by atoms with van der Waals surface area (Å²) < 4.78 is 1.82. The lowest BCUT2D eigenvalue weighted by Crippen LogP contribution is -2.12. The van der Waals surface area contributed by atoms with Crippen molar-refractivity contribution in [3.63, 3.8) is 0 Å². The van der Waals surface area contributed by atoms with Gasteiger partial charge in [0.1, 0.15) is 5.82 Å². The lowest BCUT2D eigenvalue weighted by molar-refractivity contribution is 0.560. The lowest BCUT2D eigenvalue weighted by atomic mass is 9.93. The van der Waals surface area contributed by atoms with Gasteiger partial charge in [-0.05, 0) is 12.1 Å². The minimum absolute atomic E-state index is 0.0594. The number of pyridine rings is 1. The monoisotopic (exact) mass is 216 g/mol. The molecule has 0 amide bonds. The van der Waals surface area contributed by atoms with Crippen LogP contribution >= 0.6 is 0 Å². The first kappa shape index (κ1) is 10.7. The van der Waals surface area contributed by atoms with Gasteiger partial charge in [-0.3, -0.25) is 0 Å². The van der Waals surface area contributed by atoms with Gasteiger partial charge in [0.05, 0.1) is 11.4 Å². The Bertz CT molecular complexity index is 494. The Morgan fingerprint density at radius 2 is 2.00 bits per heavy atom. The number of hydrogen-bond donors (Lipinski definition) is 1. The molecule has 0 bridgehead atoms. The molecule has 2 aromatic rings. The van der Waals surface area contributed by atoms with Crippen molar-refractivity contribution in [1.82, 2.24) is 14.8 Å². The van der Waals surface area contributed by atoms with Gasteiger partial charge >= 0.3 is 0 Å². The maximum atomic E-state index is 5.64. The van der Waals surface area contributed by atoms with Crippen molar-refractivity contribution < 1.29 is 0 Å². The highest BCUT2D eigenvalue weighted by atomic mass is 15.3. The van der Waals surface area contributed by atoms with Crippen molar-refractivity contribution in [3.8, 4) is 5.69 Å². The standard InChI is InChI=1S/C12H16N4/c1-12(2,3)10-5-7-16(15-10)9-4-6-14-11(13)8-9/h4-8H,1-3H3,(H2,13,14). The summed E-state index contributed by atoms with van der Waals surface area (Å²) in [6, 6.07) is 5.71. The molecule has 0 aliphatic heterocycles. The van der Waals surface area contributed by atoms with Crippen molar-refractivity contribution in [3.05, 3.63) is 36.3 Å². The largest absolute Gasteiger partial charge is 0.384 e. The van der Waals surface area contributed by atoms with Gasteiger partial charge in [-0.15, -0.1) is 0 Å². The highest BCUT2D eigenvalue weighted by Crippen LogP contribution is 2.20. The summed E-state index contributed by atoms with van der Waals surface area (Å²) in [5.41, 5.74) is 7.69. The zero-order chi connectivity index (χ0) is 11.8. The first-order chi connectivity index (χ1) is 7.47. The molecule has 0 aromatic carbocycles. The normalized spacial score (nSPS) is 11.7. The van der Waals surface area contributed by atoms with Crippen molar-refractivity contribution in [1.29, 1.82) is 0 Å². The van der Waals surface area contributed by atoms with E-state index in [4.69, 9.17) is 5.73 Å². The average molecular weight is 216 g/mol. The fourth-order valence-electron chi connectivity index (χ4n) is 1.45. The molecule has 0 fully saturated rings. The summed E-state index contributed by atoms with van der Waals surface area (Å²) in [5.74, 6) is 0.505. The number of anilines is 1. The third-order valence-corrected chi connectivity index (χ3v) is 2.39. The quantitative estimate of drug-likeness (QED) is 0.794. The van der Waals surface area contributed by atoms with Crippen LogP contribution in [0.3, 0.4) is 0 Å². The highest BCUT2D eigenvalue weighted by Gasteiger charge is 2.16. The minimum atomic E-state index is 0.0594. The Labute approximate surface area is 95.1 Å². The van der Waals surface area contributed by atoms with Crippen molar-refractivity contribution in [2.75, 3.05) is 5.73 Å². The van der Waals surface area contributed by atoms with Crippen LogP contribution in [0.5, 0.6) is 0 Å². The molecule has 84 valence electrons. The molecule has 2 rings (SSSR count). The summed E-state index contributed by atoms with van der Waals surface area (Å²) in [7, 11) is 0. The summed E-state index contributed by atoms with van der Waals surface area (Å²) in [4.78, 5) is 3.96. The van der Waals surface area contributed by atoms with E-state index in [1.54, 1.807) is 12.3 Å². The average Bonchev–Trinajstić information content (AvgIpc) is 2.65. The summed E-state index contributed by atoms with van der Waals surface area (Å²) >= 11 is 0. The molecule has 0 aliphatic carbocycles. The van der Waals surface area contributed by atoms with Gasteiger partial charge in [0, 0.05) is 23.9 Å². The Hall–Kier alpha value is -1.84. The third-order valence-electron chi connectivity index (χ3n) is 2.39. The molecule has 4 nitrogen and oxygen atoms in total. The number of nitrogens with zero attached hydrogens (tertiary/aromatic N) is 3. The van der Waals surface area contributed by atoms with E-state index in [0.717, 1.165) is 11.4 Å². The Morgan fingerprint density at radius 3 is 2.56 bits per heavy atom. The lowest BCUT2D eigenvalue weighted by Gasteiger charge is -2.14. The fourth-order valence-corrected chi connectivity index (χ4v) is 1.45. The van der Waals surface area contributed by atoms with Crippen LogP contribution in [0, 0.1) is 0 Å². The van der Waals surface area contributed by atoms with Crippen LogP contribution in [0.4, 0.5) is 5.82 Å². The number of nitrogen functional groups attached to an aromatic ring is 1. The van der Waals surface area contributed by atoms with E-state index < -0.39 is 0 Å². The molecule has 2 aromatic heterocycles. The second-order valence-electron chi connectivity index (χ2n) is 4.83. The van der Waals surface area contributed by atoms with E-state index in [0.29, 0.717) is 5.82 Å². The van der Waals surface area contributed by atoms with E-state index >= 15 is 0 Å². The van der Waals surface area contributed by atoms with Crippen molar-refractivity contribution >= 4 is 5.82 Å². The van der Waals surface area contributed by atoms with Crippen LogP contribution in [-0.4, -0.2) is 14.8 Å². The molecule has 0 atom stereocenters. The number of rotatable bonds is 1. The maximum Gasteiger partial charge on any atom is 0.125 e. The molecule has 0 aliphatic rings. The molecule has 2 heterocycles. The van der Waals surface area contributed by atoms with Crippen LogP contribution in [0.15, 0.2) is 30.6 Å². The van der Waals surface area contributed by atoms with Gasteiger partial charge in [0.2, 0.25) is 0 Å². The fraction of sp³-hybridized carbons (Fsp3) is 0.333. The van der Waals surface area contributed by atoms with E-state index in [-0.39, 0.29) is 5.41 Å². The van der Waals surface area contributed by atoms with Gasteiger partial charge in [-0.1, -0.05) is 20.8 Å². The van der Waals surface area contributed by atoms with Gasteiger partial charge in [0.25, 0.3) is 0 Å². The molecule has 4 heteroatoms. The van der Waals surface area contributed by atoms with Crippen LogP contribution in [0.2, 0.25) is 0 Å². The highest BCUT2D eigenvalue weighted by molar-refractivity contribution is 5.40. The third kappa shape index (κ3) is 2.05. The van der Waals surface area contributed by atoms with Crippen molar-refractivity contribution in [2.45, 2.75) is 26.2 Å². The van der Waals surface area contributed by atoms with Gasteiger partial charge in [-0.25, -0.2) is 9.67 Å². The van der Waals surface area contributed by atoms with E-state index in [1.165, 1.54) is 0 Å². The summed E-state index contributed by atoms with van der Waals surface area (Å²) in [5, 5.41) is 4.53. The second-order valence-corrected chi connectivity index (χ2v) is 4.83. The number of aromatic nitrogens is 3. The van der Waals surface area contributed by atoms with E-state index in [1.807, 2.05) is 23.0 Å². The molecule has 16 heavy (non-hydrogen) atoms. The van der Waals surface area contributed by atoms with Crippen LogP contribution < -0.4 is 5.73 Å². The molecular formula is C12H16N4. The molecule has 2 N–H and O–H groups in total. The summed E-state index contributed by atoms with van der Waals surface area (Å²) in [6.45, 7) is 6.42. The smallest absolute Gasteiger partial charge is 0.125 e.